The van der Waals surface area contributed by atoms with E-state index in [-0.39, 0.29) is 34.2 Å². The van der Waals surface area contributed by atoms with E-state index in [1.165, 1.54) is 9.47 Å². The summed E-state index contributed by atoms with van der Waals surface area (Å²) in [5.74, 6) is -2.64. The highest BCUT2D eigenvalue weighted by atomic mass is 35.5. The van der Waals surface area contributed by atoms with E-state index in [9.17, 15) is 19.2 Å². The molecule has 2 aliphatic rings. The second kappa shape index (κ2) is 10.6. The molecular formula is C29H21Cl2N3O4S2. The number of para-hydroxylation sites is 2. The molecule has 1 aromatic heterocycles. The maximum Gasteiger partial charge on any atom is 0.308 e. The normalized spacial score (nSPS) is 19.9. The Balaban J connectivity index is 1.45. The van der Waals surface area contributed by atoms with Gasteiger partial charge in [-0.1, -0.05) is 94.8 Å². The van der Waals surface area contributed by atoms with Gasteiger partial charge in [-0.3, -0.25) is 23.7 Å². The summed E-state index contributed by atoms with van der Waals surface area (Å²) in [4.78, 5) is 55.5. The van der Waals surface area contributed by atoms with Crippen molar-refractivity contribution in [3.8, 4) is 0 Å². The zero-order chi connectivity index (χ0) is 28.1. The Kier molecular flexibility index (Phi) is 7.08. The summed E-state index contributed by atoms with van der Waals surface area (Å²) >= 11 is 15.1. The highest BCUT2D eigenvalue weighted by Crippen LogP contribution is 2.55. The van der Waals surface area contributed by atoms with E-state index in [0.717, 1.165) is 28.7 Å². The molecule has 11 heteroatoms. The Morgan fingerprint density at radius 2 is 1.65 bits per heavy atom. The van der Waals surface area contributed by atoms with Crippen LogP contribution in [0, 0.1) is 12.8 Å². The van der Waals surface area contributed by atoms with Gasteiger partial charge in [0.05, 0.1) is 26.7 Å². The fraction of sp³-hybridized carbons (Fsp3) is 0.172. The van der Waals surface area contributed by atoms with Gasteiger partial charge >= 0.3 is 4.87 Å². The first-order chi connectivity index (χ1) is 19.3. The lowest BCUT2D eigenvalue weighted by atomic mass is 9.83. The monoisotopic (exact) mass is 609 g/mol. The van der Waals surface area contributed by atoms with Crippen LogP contribution in [0.4, 0.5) is 11.4 Å². The molecule has 0 spiro atoms. The number of amides is 3. The molecule has 1 fully saturated rings. The molecule has 202 valence electrons. The zero-order valence-corrected chi connectivity index (χ0v) is 24.1. The molecule has 1 N–H and O–H groups in total. The quantitative estimate of drug-likeness (QED) is 0.282. The van der Waals surface area contributed by atoms with Gasteiger partial charge in [0.1, 0.15) is 11.8 Å². The van der Waals surface area contributed by atoms with E-state index in [1.54, 1.807) is 48.5 Å². The number of imide groups is 1. The molecule has 4 aromatic rings. The Morgan fingerprint density at radius 1 is 0.925 bits per heavy atom. The van der Waals surface area contributed by atoms with Crippen LogP contribution in [-0.2, 0) is 20.9 Å². The Bertz CT molecular complexity index is 1740. The summed E-state index contributed by atoms with van der Waals surface area (Å²) in [6, 6.07) is 21.2. The highest BCUT2D eigenvalue weighted by Gasteiger charge is 2.57. The molecule has 1 saturated heterocycles. The fourth-order valence-corrected chi connectivity index (χ4v) is 8.42. The van der Waals surface area contributed by atoms with Crippen molar-refractivity contribution in [3.05, 3.63) is 109 Å². The average Bonchev–Trinajstić information content (AvgIpc) is 3.38. The van der Waals surface area contributed by atoms with Gasteiger partial charge in [0.25, 0.3) is 0 Å². The van der Waals surface area contributed by atoms with Crippen molar-refractivity contribution in [1.82, 2.24) is 4.57 Å². The van der Waals surface area contributed by atoms with Gasteiger partial charge < -0.3 is 5.32 Å². The summed E-state index contributed by atoms with van der Waals surface area (Å²) in [7, 11) is 0. The molecule has 6 rings (SSSR count). The van der Waals surface area contributed by atoms with Gasteiger partial charge in [0, 0.05) is 16.5 Å². The van der Waals surface area contributed by atoms with Gasteiger partial charge in [0.2, 0.25) is 17.7 Å². The molecule has 0 aliphatic carbocycles. The number of hydrogen-bond acceptors (Lipinski definition) is 6. The third kappa shape index (κ3) is 4.47. The number of rotatable bonds is 5. The first kappa shape index (κ1) is 26.8. The molecule has 3 heterocycles. The fourth-order valence-electron chi connectivity index (χ4n) is 5.23. The van der Waals surface area contributed by atoms with E-state index >= 15 is 0 Å². The summed E-state index contributed by atoms with van der Waals surface area (Å²) in [5.41, 5.74) is 2.57. The van der Waals surface area contributed by atoms with Crippen molar-refractivity contribution in [1.29, 1.82) is 0 Å². The SMILES string of the molecule is Cc1ccccc1NC(=O)Cn1c2c(sc1=O)[C@@H](c1cccc(Cl)c1Cl)[C@@H]1C(=O)N(c3ccccc3)C(=O)[C@@H]1S2. The predicted molar refractivity (Wildman–Crippen MR) is 159 cm³/mol. The molecule has 0 saturated carbocycles. The average molecular weight is 611 g/mol. The summed E-state index contributed by atoms with van der Waals surface area (Å²) < 4.78 is 1.38. The molecule has 0 bridgehead atoms. The van der Waals surface area contributed by atoms with Crippen molar-refractivity contribution in [2.45, 2.75) is 29.7 Å². The van der Waals surface area contributed by atoms with Crippen LogP contribution in [0.2, 0.25) is 10.0 Å². The molecule has 2 aliphatic heterocycles. The van der Waals surface area contributed by atoms with Crippen molar-refractivity contribution in [2.75, 3.05) is 10.2 Å². The van der Waals surface area contributed by atoms with Gasteiger partial charge in [-0.25, -0.2) is 4.90 Å². The number of hydrogen-bond donors (Lipinski definition) is 1. The lowest BCUT2D eigenvalue weighted by Crippen LogP contribution is -2.33. The molecule has 0 unspecified atom stereocenters. The first-order valence-corrected chi connectivity index (χ1v) is 14.8. The number of benzene rings is 3. The van der Waals surface area contributed by atoms with E-state index in [0.29, 0.717) is 31.9 Å². The van der Waals surface area contributed by atoms with E-state index < -0.39 is 17.1 Å². The van der Waals surface area contributed by atoms with Crippen LogP contribution in [-0.4, -0.2) is 27.5 Å². The summed E-state index contributed by atoms with van der Waals surface area (Å²) in [6.45, 7) is 1.63. The second-order valence-electron chi connectivity index (χ2n) is 9.52. The van der Waals surface area contributed by atoms with Gasteiger partial charge in [-0.05, 0) is 42.3 Å². The van der Waals surface area contributed by atoms with Crippen LogP contribution in [0.25, 0.3) is 0 Å². The largest absolute Gasteiger partial charge is 0.324 e. The Morgan fingerprint density at radius 3 is 2.40 bits per heavy atom. The molecule has 40 heavy (non-hydrogen) atoms. The lowest BCUT2D eigenvalue weighted by Gasteiger charge is -2.31. The molecule has 3 atom stereocenters. The van der Waals surface area contributed by atoms with Crippen LogP contribution < -0.4 is 15.1 Å². The van der Waals surface area contributed by atoms with Gasteiger partial charge in [-0.15, -0.1) is 0 Å². The van der Waals surface area contributed by atoms with E-state index in [4.69, 9.17) is 23.2 Å². The summed E-state index contributed by atoms with van der Waals surface area (Å²) in [6.07, 6.45) is 0. The van der Waals surface area contributed by atoms with Crippen LogP contribution in [0.5, 0.6) is 0 Å². The summed E-state index contributed by atoms with van der Waals surface area (Å²) in [5, 5.41) is 3.08. The number of aromatic nitrogens is 1. The number of thiazole rings is 1. The van der Waals surface area contributed by atoms with Crippen LogP contribution >= 0.6 is 46.3 Å². The maximum absolute atomic E-state index is 13.9. The third-order valence-electron chi connectivity index (χ3n) is 7.10. The van der Waals surface area contributed by atoms with Crippen molar-refractivity contribution in [3.63, 3.8) is 0 Å². The number of carbonyl (C=O) groups is 3. The van der Waals surface area contributed by atoms with Crippen molar-refractivity contribution < 1.29 is 14.4 Å². The molecular weight excluding hydrogens is 589 g/mol. The minimum absolute atomic E-state index is 0.246. The number of carbonyl (C=O) groups excluding carboxylic acids is 3. The number of halogens is 2. The molecule has 7 nitrogen and oxygen atoms in total. The number of nitrogens with zero attached hydrogens (tertiary/aromatic N) is 2. The highest BCUT2D eigenvalue weighted by molar-refractivity contribution is 8.00. The molecule has 0 radical (unpaired) electrons. The number of aryl methyl sites for hydroxylation is 1. The van der Waals surface area contributed by atoms with E-state index in [1.807, 2.05) is 31.2 Å². The third-order valence-corrected chi connectivity index (χ3v) is 10.5. The van der Waals surface area contributed by atoms with Crippen LogP contribution in [0.15, 0.2) is 82.6 Å². The second-order valence-corrected chi connectivity index (χ2v) is 12.4. The Labute approximate surface area is 247 Å². The molecule has 3 aromatic carbocycles. The van der Waals surface area contributed by atoms with Gasteiger partial charge in [0.15, 0.2) is 0 Å². The number of thioether (sulfide) groups is 1. The number of fused-ring (bicyclic) bond motifs is 2. The molecule has 3 amide bonds. The minimum Gasteiger partial charge on any atom is -0.324 e. The number of nitrogens with one attached hydrogen (secondary N) is 1. The Hall–Kier alpha value is -3.37. The van der Waals surface area contributed by atoms with Crippen molar-refractivity contribution in [2.24, 2.45) is 5.92 Å². The smallest absolute Gasteiger partial charge is 0.308 e. The standard InChI is InChI=1S/C29H21Cl2N3O4S2/c1-15-8-5-6-13-19(15)32-20(35)14-33-28-25(40-29(33)38)21(17-11-7-12-18(30)23(17)31)22-24(39-28)27(37)34(26(22)36)16-9-3-2-4-10-16/h2-13,21-22,24H,14H2,1H3,(H,32,35)/t21-,22-,24+/m0/s1. The van der Waals surface area contributed by atoms with Crippen LogP contribution in [0.1, 0.15) is 21.9 Å². The maximum atomic E-state index is 13.9. The first-order valence-electron chi connectivity index (χ1n) is 12.4. The zero-order valence-electron chi connectivity index (χ0n) is 21.0. The topological polar surface area (TPSA) is 88.5 Å². The van der Waals surface area contributed by atoms with Crippen LogP contribution in [0.3, 0.4) is 0 Å². The van der Waals surface area contributed by atoms with Gasteiger partial charge in [-0.2, -0.15) is 0 Å². The number of anilines is 2. The van der Waals surface area contributed by atoms with Crippen molar-refractivity contribution >= 4 is 75.4 Å². The lowest BCUT2D eigenvalue weighted by molar-refractivity contribution is -0.122. The van der Waals surface area contributed by atoms with E-state index in [2.05, 4.69) is 5.32 Å². The predicted octanol–water partition coefficient (Wildman–Crippen LogP) is 5.96. The minimum atomic E-state index is -0.820.